The van der Waals surface area contributed by atoms with E-state index in [0.717, 1.165) is 18.2 Å². The molecule has 0 saturated carbocycles. The van der Waals surface area contributed by atoms with Crippen LogP contribution in [0.15, 0.2) is 59.4 Å². The summed E-state index contributed by atoms with van der Waals surface area (Å²) < 4.78 is 52.0. The van der Waals surface area contributed by atoms with Crippen molar-refractivity contribution in [2.45, 2.75) is 38.3 Å². The summed E-state index contributed by atoms with van der Waals surface area (Å²) >= 11 is 0. The van der Waals surface area contributed by atoms with Crippen molar-refractivity contribution in [3.05, 3.63) is 103 Å². The lowest BCUT2D eigenvalue weighted by Gasteiger charge is -2.35. The number of nitrogens with zero attached hydrogens (tertiary/aromatic N) is 3. The van der Waals surface area contributed by atoms with Gasteiger partial charge in [0.15, 0.2) is 0 Å². The van der Waals surface area contributed by atoms with Gasteiger partial charge in [0.05, 0.1) is 50.4 Å². The number of pyridine rings is 2. The summed E-state index contributed by atoms with van der Waals surface area (Å²) in [7, 11) is 0. The highest BCUT2D eigenvalue weighted by Crippen LogP contribution is 2.42. The monoisotopic (exact) mass is 565 g/mol. The van der Waals surface area contributed by atoms with Crippen molar-refractivity contribution in [1.82, 2.24) is 9.55 Å². The van der Waals surface area contributed by atoms with Gasteiger partial charge in [-0.15, -0.1) is 0 Å². The van der Waals surface area contributed by atoms with E-state index < -0.39 is 51.9 Å². The topological polar surface area (TPSA) is 131 Å². The Bertz CT molecular complexity index is 1880. The first kappa shape index (κ1) is 26.2. The van der Waals surface area contributed by atoms with E-state index in [1.54, 1.807) is 12.1 Å². The van der Waals surface area contributed by atoms with E-state index in [4.69, 9.17) is 9.47 Å². The first-order chi connectivity index (χ1) is 19.4. The largest absolute Gasteiger partial charge is 0.457 e. The van der Waals surface area contributed by atoms with Crippen LogP contribution in [0.5, 0.6) is 0 Å². The second kappa shape index (κ2) is 8.98. The van der Waals surface area contributed by atoms with Crippen molar-refractivity contribution < 1.29 is 37.2 Å². The van der Waals surface area contributed by atoms with E-state index in [2.05, 4.69) is 4.98 Å². The van der Waals surface area contributed by atoms with Crippen LogP contribution in [0.2, 0.25) is 0 Å². The lowest BCUT2D eigenvalue weighted by Crippen LogP contribution is -2.47. The Morgan fingerprint density at radius 3 is 2.63 bits per heavy atom. The van der Waals surface area contributed by atoms with Crippen molar-refractivity contribution in [3.63, 3.8) is 0 Å². The number of benzene rings is 2. The highest BCUT2D eigenvalue weighted by atomic mass is 19.4. The van der Waals surface area contributed by atoms with Gasteiger partial charge < -0.3 is 14.0 Å². The summed E-state index contributed by atoms with van der Waals surface area (Å²) in [5.74, 6) is -2.18. The number of hydrogen-bond donors (Lipinski definition) is 0. The first-order valence-corrected chi connectivity index (χ1v) is 12.4. The Morgan fingerprint density at radius 1 is 1.17 bits per heavy atom. The number of nitro groups is 1. The van der Waals surface area contributed by atoms with E-state index in [9.17, 15) is 37.7 Å². The molecule has 2 aromatic carbocycles. The molecule has 0 spiro atoms. The quantitative estimate of drug-likeness (QED) is 0.171. The fraction of sp³-hybridized carbons (Fsp3) is 0.214. The predicted molar refractivity (Wildman–Crippen MR) is 136 cm³/mol. The Kier molecular flexibility index (Phi) is 5.73. The van der Waals surface area contributed by atoms with Gasteiger partial charge in [0, 0.05) is 17.2 Å². The van der Waals surface area contributed by atoms with Gasteiger partial charge in [0.2, 0.25) is 5.60 Å². The number of nitro benzene ring substituents is 1. The number of rotatable bonds is 4. The van der Waals surface area contributed by atoms with Gasteiger partial charge in [0.25, 0.3) is 11.2 Å². The summed E-state index contributed by atoms with van der Waals surface area (Å²) in [4.78, 5) is 55.5. The SMILES string of the molecule is CCC1(OC(=O)c2cccc(C(F)(F)F)c2)C(=O)OCc2c1cc1n(c2=O)Cc2cc3c([N+](=O)[O-])cccc3nc2-1. The number of carbonyl (C=O) groups excluding carboxylic acids is 2. The van der Waals surface area contributed by atoms with Crippen molar-refractivity contribution >= 4 is 28.5 Å². The maximum atomic E-state index is 13.6. The lowest BCUT2D eigenvalue weighted by molar-refractivity contribution is -0.383. The maximum Gasteiger partial charge on any atom is 0.416 e. The zero-order chi connectivity index (χ0) is 29.3. The number of carbonyl (C=O) groups is 2. The van der Waals surface area contributed by atoms with Gasteiger partial charge in [-0.1, -0.05) is 19.1 Å². The number of ether oxygens (including phenoxy) is 2. The molecule has 4 aromatic rings. The Hall–Kier alpha value is -5.07. The third-order valence-electron chi connectivity index (χ3n) is 7.39. The molecule has 1 unspecified atom stereocenters. The van der Waals surface area contributed by atoms with Gasteiger partial charge >= 0.3 is 18.1 Å². The number of esters is 2. The Morgan fingerprint density at radius 2 is 1.93 bits per heavy atom. The Balaban J connectivity index is 1.49. The van der Waals surface area contributed by atoms with Crippen LogP contribution in [0.4, 0.5) is 18.9 Å². The highest BCUT2D eigenvalue weighted by molar-refractivity contribution is 5.94. The minimum Gasteiger partial charge on any atom is -0.457 e. The van der Waals surface area contributed by atoms with Gasteiger partial charge in [-0.3, -0.25) is 14.9 Å². The van der Waals surface area contributed by atoms with E-state index in [1.807, 2.05) is 0 Å². The average Bonchev–Trinajstić information content (AvgIpc) is 3.30. The summed E-state index contributed by atoms with van der Waals surface area (Å²) in [6.45, 7) is 1.15. The minimum absolute atomic E-state index is 0.0374. The summed E-state index contributed by atoms with van der Waals surface area (Å²) in [5.41, 5.74) is -2.76. The van der Waals surface area contributed by atoms with Crippen LogP contribution in [-0.4, -0.2) is 26.4 Å². The van der Waals surface area contributed by atoms with E-state index in [1.165, 1.54) is 29.7 Å². The normalized spacial score (nSPS) is 17.4. The molecular formula is C28H18F3N3O7. The lowest BCUT2D eigenvalue weighted by atomic mass is 9.85. The van der Waals surface area contributed by atoms with Crippen molar-refractivity contribution in [2.75, 3.05) is 0 Å². The molecule has 13 heteroatoms. The molecule has 0 amide bonds. The second-order valence-electron chi connectivity index (χ2n) is 9.63. The number of halogens is 3. The van der Waals surface area contributed by atoms with E-state index in [-0.39, 0.29) is 29.8 Å². The van der Waals surface area contributed by atoms with Gasteiger partial charge in [-0.2, -0.15) is 13.2 Å². The molecule has 0 aliphatic carbocycles. The molecule has 2 aliphatic heterocycles. The molecular weight excluding hydrogens is 547 g/mol. The number of fused-ring (bicyclic) bond motifs is 5. The molecule has 0 saturated heterocycles. The second-order valence-corrected chi connectivity index (χ2v) is 9.63. The van der Waals surface area contributed by atoms with Crippen LogP contribution in [0.25, 0.3) is 22.3 Å². The fourth-order valence-corrected chi connectivity index (χ4v) is 5.34. The third-order valence-corrected chi connectivity index (χ3v) is 7.39. The number of hydrogen-bond acceptors (Lipinski definition) is 8. The minimum atomic E-state index is -4.71. The molecule has 2 aliphatic rings. The molecule has 1 atom stereocenters. The fourth-order valence-electron chi connectivity index (χ4n) is 5.34. The molecule has 0 bridgehead atoms. The molecule has 41 heavy (non-hydrogen) atoms. The first-order valence-electron chi connectivity index (χ1n) is 12.4. The zero-order valence-electron chi connectivity index (χ0n) is 21.2. The van der Waals surface area contributed by atoms with Gasteiger partial charge in [-0.05, 0) is 42.8 Å². The third kappa shape index (κ3) is 3.95. The number of non-ortho nitro benzene ring substituents is 1. The van der Waals surface area contributed by atoms with Crippen LogP contribution in [0.1, 0.15) is 46.0 Å². The van der Waals surface area contributed by atoms with Crippen LogP contribution in [0, 0.1) is 10.1 Å². The van der Waals surface area contributed by atoms with Crippen molar-refractivity contribution in [1.29, 1.82) is 0 Å². The number of cyclic esters (lactones) is 1. The number of aromatic nitrogens is 2. The smallest absolute Gasteiger partial charge is 0.416 e. The summed E-state index contributed by atoms with van der Waals surface area (Å²) in [5, 5.41) is 11.8. The molecule has 10 nitrogen and oxygen atoms in total. The van der Waals surface area contributed by atoms with Gasteiger partial charge in [-0.25, -0.2) is 14.6 Å². The van der Waals surface area contributed by atoms with Gasteiger partial charge in [0.1, 0.15) is 6.61 Å². The highest BCUT2D eigenvalue weighted by Gasteiger charge is 2.50. The summed E-state index contributed by atoms with van der Waals surface area (Å²) in [6.07, 6.45) is -4.90. The van der Waals surface area contributed by atoms with Crippen LogP contribution >= 0.6 is 0 Å². The number of alkyl halides is 3. The van der Waals surface area contributed by atoms with E-state index in [0.29, 0.717) is 33.9 Å². The van der Waals surface area contributed by atoms with Crippen molar-refractivity contribution in [3.8, 4) is 11.4 Å². The Labute approximate surface area is 228 Å². The molecule has 0 fully saturated rings. The maximum absolute atomic E-state index is 13.6. The molecule has 0 N–H and O–H groups in total. The molecule has 2 aromatic heterocycles. The van der Waals surface area contributed by atoms with Crippen LogP contribution in [0.3, 0.4) is 0 Å². The van der Waals surface area contributed by atoms with Crippen LogP contribution < -0.4 is 5.56 Å². The molecule has 6 rings (SSSR count). The molecule has 208 valence electrons. The standard InChI is InChI=1S/C28H18F3N3O7/c1-2-27(41-25(36)14-5-3-6-16(9-14)28(29,30)31)19-11-22-23-15(12-33(22)24(35)18(19)13-40-26(27)37)10-17-20(32-23)7-4-8-21(17)34(38)39/h3-11H,2,12-13H2,1H3. The zero-order valence-corrected chi connectivity index (χ0v) is 21.2. The van der Waals surface area contributed by atoms with Crippen LogP contribution in [-0.2, 0) is 39.2 Å². The summed E-state index contributed by atoms with van der Waals surface area (Å²) in [6, 6.07) is 11.1. The molecule has 0 radical (unpaired) electrons. The van der Waals surface area contributed by atoms with E-state index >= 15 is 0 Å². The van der Waals surface area contributed by atoms with Crippen molar-refractivity contribution in [2.24, 2.45) is 0 Å². The average molecular weight is 565 g/mol. The molecule has 4 heterocycles. The predicted octanol–water partition coefficient (Wildman–Crippen LogP) is 4.87.